The van der Waals surface area contributed by atoms with E-state index in [9.17, 15) is 32.5 Å². The molecule has 92 valence electrons. The molecule has 0 aromatic heterocycles. The van der Waals surface area contributed by atoms with E-state index in [1.807, 2.05) is 0 Å². The second-order valence-electron chi connectivity index (χ2n) is 2.91. The van der Waals surface area contributed by atoms with Crippen LogP contribution in [-0.4, -0.2) is 16.0 Å². The third-order valence-electron chi connectivity index (χ3n) is 1.80. The highest BCUT2D eigenvalue weighted by atomic mass is 19.4. The minimum Gasteiger partial charge on any atom is -0.478 e. The SMILES string of the molecule is O=C(O)c1cc([N+](=O)[O-])cc(F)c1C(F)(F)F. The first-order valence-corrected chi connectivity index (χ1v) is 3.93. The smallest absolute Gasteiger partial charge is 0.420 e. The van der Waals surface area contributed by atoms with Gasteiger partial charge in [0.2, 0.25) is 0 Å². The molecule has 5 nitrogen and oxygen atoms in total. The van der Waals surface area contributed by atoms with Gasteiger partial charge in [0.15, 0.2) is 0 Å². The third kappa shape index (κ3) is 2.49. The number of nitro groups is 1. The molecule has 0 radical (unpaired) electrons. The van der Waals surface area contributed by atoms with Crippen molar-refractivity contribution in [2.24, 2.45) is 0 Å². The van der Waals surface area contributed by atoms with Gasteiger partial charge in [-0.1, -0.05) is 0 Å². The van der Waals surface area contributed by atoms with Gasteiger partial charge in [-0.3, -0.25) is 10.1 Å². The van der Waals surface area contributed by atoms with Gasteiger partial charge < -0.3 is 5.11 Å². The molecule has 0 aliphatic rings. The summed E-state index contributed by atoms with van der Waals surface area (Å²) in [4.78, 5) is 19.6. The molecule has 0 aliphatic carbocycles. The molecule has 1 N–H and O–H groups in total. The highest BCUT2D eigenvalue weighted by molar-refractivity contribution is 5.90. The minimum atomic E-state index is -5.24. The van der Waals surface area contributed by atoms with Crippen molar-refractivity contribution < 1.29 is 32.4 Å². The summed E-state index contributed by atoms with van der Waals surface area (Å²) in [5.41, 5.74) is -4.59. The fourth-order valence-electron chi connectivity index (χ4n) is 1.15. The maximum Gasteiger partial charge on any atom is 0.420 e. The predicted molar refractivity (Wildman–Crippen MR) is 45.0 cm³/mol. The van der Waals surface area contributed by atoms with Crippen LogP contribution in [0.3, 0.4) is 0 Å². The van der Waals surface area contributed by atoms with Gasteiger partial charge in [-0.05, 0) is 0 Å². The van der Waals surface area contributed by atoms with Crippen LogP contribution < -0.4 is 0 Å². The maximum absolute atomic E-state index is 13.0. The molecule has 17 heavy (non-hydrogen) atoms. The lowest BCUT2D eigenvalue weighted by atomic mass is 10.1. The Morgan fingerprint density at radius 1 is 1.35 bits per heavy atom. The van der Waals surface area contributed by atoms with Gasteiger partial charge in [0.25, 0.3) is 5.69 Å². The van der Waals surface area contributed by atoms with E-state index in [-0.39, 0.29) is 12.1 Å². The van der Waals surface area contributed by atoms with Gasteiger partial charge >= 0.3 is 12.1 Å². The molecule has 0 amide bonds. The lowest BCUT2D eigenvalue weighted by Crippen LogP contribution is -2.16. The third-order valence-corrected chi connectivity index (χ3v) is 1.80. The second-order valence-corrected chi connectivity index (χ2v) is 2.91. The van der Waals surface area contributed by atoms with Crippen molar-refractivity contribution in [2.45, 2.75) is 6.18 Å². The highest BCUT2D eigenvalue weighted by Crippen LogP contribution is 2.36. The van der Waals surface area contributed by atoms with Crippen molar-refractivity contribution in [3.8, 4) is 0 Å². The van der Waals surface area contributed by atoms with Crippen molar-refractivity contribution in [1.82, 2.24) is 0 Å². The number of nitrogens with zero attached hydrogens (tertiary/aromatic N) is 1. The first kappa shape index (κ1) is 12.9. The number of carbonyl (C=O) groups is 1. The van der Waals surface area contributed by atoms with Crippen LogP contribution in [0.5, 0.6) is 0 Å². The molecule has 0 spiro atoms. The molecule has 0 bridgehead atoms. The number of rotatable bonds is 2. The zero-order valence-corrected chi connectivity index (χ0v) is 7.79. The molecular weight excluding hydrogens is 250 g/mol. The summed E-state index contributed by atoms with van der Waals surface area (Å²) in [6, 6.07) is 0.184. The quantitative estimate of drug-likeness (QED) is 0.498. The summed E-state index contributed by atoms with van der Waals surface area (Å²) in [6.07, 6.45) is -5.24. The van der Waals surface area contributed by atoms with Gasteiger partial charge in [0, 0.05) is 6.07 Å². The Balaban J connectivity index is 3.61. The largest absolute Gasteiger partial charge is 0.478 e. The summed E-state index contributed by atoms with van der Waals surface area (Å²) in [6.45, 7) is 0. The van der Waals surface area contributed by atoms with Crippen molar-refractivity contribution in [2.75, 3.05) is 0 Å². The Hall–Kier alpha value is -2.19. The molecule has 0 atom stereocenters. The van der Waals surface area contributed by atoms with Crippen LogP contribution in [0.15, 0.2) is 12.1 Å². The van der Waals surface area contributed by atoms with Crippen LogP contribution in [-0.2, 0) is 6.18 Å². The lowest BCUT2D eigenvalue weighted by Gasteiger charge is -2.10. The lowest BCUT2D eigenvalue weighted by molar-refractivity contribution is -0.385. The fourth-order valence-corrected chi connectivity index (χ4v) is 1.15. The summed E-state index contributed by atoms with van der Waals surface area (Å²) in [5, 5.41) is 18.7. The first-order valence-electron chi connectivity index (χ1n) is 3.93. The highest BCUT2D eigenvalue weighted by Gasteiger charge is 2.40. The molecule has 0 heterocycles. The van der Waals surface area contributed by atoms with E-state index in [1.54, 1.807) is 0 Å². The average molecular weight is 253 g/mol. The number of carboxylic acid groups (broad SMARTS) is 1. The topological polar surface area (TPSA) is 80.4 Å². The van der Waals surface area contributed by atoms with Crippen molar-refractivity contribution in [3.05, 3.63) is 39.2 Å². The fraction of sp³-hybridized carbons (Fsp3) is 0.125. The molecule has 9 heteroatoms. The van der Waals surface area contributed by atoms with Crippen LogP contribution in [0.2, 0.25) is 0 Å². The minimum absolute atomic E-state index is 0.0231. The zero-order chi connectivity index (χ0) is 13.4. The number of hydrogen-bond acceptors (Lipinski definition) is 3. The van der Waals surface area contributed by atoms with Gasteiger partial charge in [-0.25, -0.2) is 9.18 Å². The van der Waals surface area contributed by atoms with Crippen LogP contribution >= 0.6 is 0 Å². The molecule has 1 aromatic rings. The Labute approximate surface area is 90.4 Å². The van der Waals surface area contributed by atoms with E-state index in [1.165, 1.54) is 0 Å². The summed E-state index contributed by atoms with van der Waals surface area (Å²) >= 11 is 0. The number of hydrogen-bond donors (Lipinski definition) is 1. The Morgan fingerprint density at radius 3 is 2.24 bits per heavy atom. The molecule has 0 saturated heterocycles. The molecule has 0 saturated carbocycles. The van der Waals surface area contributed by atoms with Gasteiger partial charge in [0.05, 0.1) is 16.6 Å². The molecule has 1 aromatic carbocycles. The van der Waals surface area contributed by atoms with Crippen molar-refractivity contribution in [1.29, 1.82) is 0 Å². The Morgan fingerprint density at radius 2 is 1.88 bits per heavy atom. The van der Waals surface area contributed by atoms with Crippen molar-refractivity contribution >= 4 is 11.7 Å². The number of non-ortho nitro benzene ring substituents is 1. The van der Waals surface area contributed by atoms with E-state index in [0.29, 0.717) is 0 Å². The number of nitro benzene ring substituents is 1. The van der Waals surface area contributed by atoms with Gasteiger partial charge in [-0.2, -0.15) is 13.2 Å². The standard InChI is InChI=1S/C8H3F4NO4/c9-5-2-3(13(16)17)1-4(7(14)15)6(5)8(10,11)12/h1-2H,(H,14,15). The first-order chi connectivity index (χ1) is 7.64. The Bertz CT molecular complexity index is 497. The van der Waals surface area contributed by atoms with Crippen LogP contribution in [0, 0.1) is 15.9 Å². The molecule has 0 aliphatic heterocycles. The molecule has 0 fully saturated rings. The summed E-state index contributed by atoms with van der Waals surface area (Å²) in [5.74, 6) is -4.09. The van der Waals surface area contributed by atoms with Crippen LogP contribution in [0.1, 0.15) is 15.9 Å². The number of alkyl halides is 3. The van der Waals surface area contributed by atoms with Gasteiger partial charge in [0.1, 0.15) is 11.4 Å². The zero-order valence-electron chi connectivity index (χ0n) is 7.79. The number of aromatic carboxylic acids is 1. The molecular formula is C8H3F4NO4. The predicted octanol–water partition coefficient (Wildman–Crippen LogP) is 2.45. The van der Waals surface area contributed by atoms with E-state index >= 15 is 0 Å². The maximum atomic E-state index is 13.0. The Kier molecular flexibility index (Phi) is 3.03. The van der Waals surface area contributed by atoms with Crippen LogP contribution in [0.4, 0.5) is 23.2 Å². The van der Waals surface area contributed by atoms with E-state index in [2.05, 4.69) is 0 Å². The van der Waals surface area contributed by atoms with E-state index in [4.69, 9.17) is 5.11 Å². The molecule has 1 rings (SSSR count). The summed E-state index contributed by atoms with van der Waals surface area (Å²) < 4.78 is 50.0. The number of carboxylic acids is 1. The average Bonchev–Trinajstić information content (AvgIpc) is 2.13. The monoisotopic (exact) mass is 253 g/mol. The molecule has 0 unspecified atom stereocenters. The van der Waals surface area contributed by atoms with E-state index in [0.717, 1.165) is 0 Å². The normalized spacial score (nSPS) is 11.3. The van der Waals surface area contributed by atoms with E-state index < -0.39 is 39.7 Å². The second kappa shape index (κ2) is 4.00. The summed E-state index contributed by atoms with van der Waals surface area (Å²) in [7, 11) is 0. The van der Waals surface area contributed by atoms with Crippen molar-refractivity contribution in [3.63, 3.8) is 0 Å². The van der Waals surface area contributed by atoms with Gasteiger partial charge in [-0.15, -0.1) is 0 Å². The number of halogens is 4. The van der Waals surface area contributed by atoms with Crippen LogP contribution in [0.25, 0.3) is 0 Å². The number of benzene rings is 1.